The zero-order chi connectivity index (χ0) is 2.00. The van der Waals surface area contributed by atoms with Gasteiger partial charge in [-0.2, -0.15) is 0 Å². The lowest BCUT2D eigenvalue weighted by molar-refractivity contribution is 1.11. The Hall–Kier alpha value is -0.540. The van der Waals surface area contributed by atoms with E-state index in [1.807, 2.05) is 0 Å². The lowest BCUT2D eigenvalue weighted by atomic mass is 11.3. The average Bonchev–Trinajstić information content (AvgIpc) is 1.00. The number of hydrogen-bond donors (Lipinski definition) is 0. The van der Waals surface area contributed by atoms with E-state index in [-0.39, 0.29) is 18.8 Å². The van der Waals surface area contributed by atoms with E-state index in [1.54, 1.807) is 0 Å². The van der Waals surface area contributed by atoms with Crippen molar-refractivity contribution in [3.05, 3.63) is 13.2 Å². The Bertz CT molecular complexity index is 5.51. The number of rotatable bonds is 0. The molecule has 0 aromatic rings. The highest BCUT2D eigenvalue weighted by atomic mass is 19.0. The summed E-state index contributed by atoms with van der Waals surface area (Å²) in [6.07, 6.45) is 0. The average molecular weight is 108 g/mol. The molecule has 4 heteroatoms. The standard InChI is InChI=1S/C2H4.4FH/c1-2;;;;/h1-2H2;4*1H. The van der Waals surface area contributed by atoms with Gasteiger partial charge in [0.25, 0.3) is 0 Å². The van der Waals surface area contributed by atoms with Crippen molar-refractivity contribution < 1.29 is 18.8 Å². The topological polar surface area (TPSA) is 0 Å². The smallest absolute Gasteiger partial charge is 0.106 e. The molecule has 0 saturated heterocycles. The summed E-state index contributed by atoms with van der Waals surface area (Å²) >= 11 is 0. The Morgan fingerprint density at radius 2 is 0.500 bits per heavy atom. The Morgan fingerprint density at radius 1 is 0.500 bits per heavy atom. The first-order valence-electron chi connectivity index (χ1n) is 0.500. The van der Waals surface area contributed by atoms with E-state index in [2.05, 4.69) is 13.2 Å². The van der Waals surface area contributed by atoms with Crippen molar-refractivity contribution in [2.75, 3.05) is 0 Å². The van der Waals surface area contributed by atoms with Gasteiger partial charge in [0, 0.05) is 0 Å². The molecule has 0 nitrogen and oxygen atoms in total. The van der Waals surface area contributed by atoms with Crippen LogP contribution in [-0.4, -0.2) is 0 Å². The largest absolute Gasteiger partial charge is 0.269 e. The fourth-order valence-electron chi connectivity index (χ4n) is 0. The highest BCUT2D eigenvalue weighted by Crippen LogP contribution is 0.862. The third-order valence-corrected chi connectivity index (χ3v) is 0. The van der Waals surface area contributed by atoms with Crippen LogP contribution in [0.3, 0.4) is 0 Å². The van der Waals surface area contributed by atoms with Gasteiger partial charge in [-0.15, -0.1) is 13.2 Å². The molecule has 0 aromatic carbocycles. The number of hydrogen-bond acceptors (Lipinski definition) is 0. The van der Waals surface area contributed by atoms with Crippen molar-refractivity contribution in [3.63, 3.8) is 0 Å². The molecule has 0 aromatic heterocycles. The second-order valence-corrected chi connectivity index (χ2v) is 0. The number of halogens is 4. The second kappa shape index (κ2) is 183. The molecule has 0 atom stereocenters. The van der Waals surface area contributed by atoms with E-state index in [9.17, 15) is 0 Å². The Labute approximate surface area is 33.3 Å². The maximum Gasteiger partial charge on any atom is -0.106 e. The molecule has 0 aliphatic heterocycles. The molecule has 0 spiro atoms. The monoisotopic (exact) mass is 108 g/mol. The Morgan fingerprint density at radius 3 is 0.500 bits per heavy atom. The van der Waals surface area contributed by atoms with E-state index in [4.69, 9.17) is 0 Å². The summed E-state index contributed by atoms with van der Waals surface area (Å²) in [6.45, 7) is 6.00. The molecule has 0 aliphatic rings. The van der Waals surface area contributed by atoms with E-state index < -0.39 is 0 Å². The third-order valence-electron chi connectivity index (χ3n) is 0. The minimum atomic E-state index is 0. The predicted molar refractivity (Wildman–Crippen MR) is 21.3 cm³/mol. The highest BCUT2D eigenvalue weighted by molar-refractivity contribution is 4.22. The summed E-state index contributed by atoms with van der Waals surface area (Å²) in [5.74, 6) is 0. The van der Waals surface area contributed by atoms with Gasteiger partial charge in [0.15, 0.2) is 0 Å². The molecular weight excluding hydrogens is 100 g/mol. The van der Waals surface area contributed by atoms with Crippen LogP contribution in [0.5, 0.6) is 0 Å². The van der Waals surface area contributed by atoms with Gasteiger partial charge in [0.1, 0.15) is 0 Å². The molecule has 44 valence electrons. The van der Waals surface area contributed by atoms with Gasteiger partial charge in [0.05, 0.1) is 0 Å². The predicted octanol–water partition coefficient (Wildman–Crippen LogP) is 1.41. The van der Waals surface area contributed by atoms with Crippen molar-refractivity contribution in [2.45, 2.75) is 0 Å². The minimum Gasteiger partial charge on any atom is -0.269 e. The molecule has 0 rings (SSSR count). The molecule has 0 saturated carbocycles. The van der Waals surface area contributed by atoms with Crippen LogP contribution in [0.4, 0.5) is 18.8 Å². The van der Waals surface area contributed by atoms with E-state index >= 15 is 0 Å². The lowest BCUT2D eigenvalue weighted by Gasteiger charge is -0.813. The fourth-order valence-corrected chi connectivity index (χ4v) is 0. The molecule has 0 bridgehead atoms. The van der Waals surface area contributed by atoms with Gasteiger partial charge in [-0.1, -0.05) is 0 Å². The van der Waals surface area contributed by atoms with Crippen molar-refractivity contribution in [1.82, 2.24) is 0 Å². The van der Waals surface area contributed by atoms with Gasteiger partial charge in [-0.3, -0.25) is 18.8 Å². The molecule has 0 unspecified atom stereocenters. The van der Waals surface area contributed by atoms with Crippen molar-refractivity contribution in [2.24, 2.45) is 0 Å². The van der Waals surface area contributed by atoms with Crippen LogP contribution in [0.15, 0.2) is 13.2 Å². The molecule has 0 heterocycles. The second-order valence-electron chi connectivity index (χ2n) is 0. The summed E-state index contributed by atoms with van der Waals surface area (Å²) in [5, 5.41) is 0. The summed E-state index contributed by atoms with van der Waals surface area (Å²) in [6, 6.07) is 0. The normalized spacial score (nSPS) is 0.667. The lowest BCUT2D eigenvalue weighted by Crippen LogP contribution is -0.552. The van der Waals surface area contributed by atoms with Crippen molar-refractivity contribution >= 4 is 0 Å². The molecule has 0 N–H and O–H groups in total. The molecule has 0 fully saturated rings. The summed E-state index contributed by atoms with van der Waals surface area (Å²) < 4.78 is 0. The van der Waals surface area contributed by atoms with Crippen LogP contribution in [-0.2, 0) is 0 Å². The molecular formula is C2H8F4. The van der Waals surface area contributed by atoms with Gasteiger partial charge < -0.3 is 0 Å². The molecule has 6 heavy (non-hydrogen) atoms. The first-order valence-corrected chi connectivity index (χ1v) is 0.500. The minimum absolute atomic E-state index is 0. The zero-order valence-electron chi connectivity index (χ0n) is 3.05. The quantitative estimate of drug-likeness (QED) is 0.325. The van der Waals surface area contributed by atoms with Gasteiger partial charge in [-0.05, 0) is 0 Å². The Kier molecular flexibility index (Phi) is 15700. The maximum absolute atomic E-state index is 3.00. The van der Waals surface area contributed by atoms with Crippen LogP contribution < -0.4 is 0 Å². The van der Waals surface area contributed by atoms with E-state index in [0.717, 1.165) is 0 Å². The van der Waals surface area contributed by atoms with Gasteiger partial charge in [0.2, 0.25) is 0 Å². The zero-order valence-corrected chi connectivity index (χ0v) is 3.05. The highest BCUT2D eigenvalue weighted by Gasteiger charge is 0.601. The van der Waals surface area contributed by atoms with Gasteiger partial charge in [-0.25, -0.2) is 0 Å². The first kappa shape index (κ1) is 513. The fraction of sp³-hybridized carbons (Fsp3) is 0. The van der Waals surface area contributed by atoms with Crippen molar-refractivity contribution in [3.8, 4) is 0 Å². The Balaban J connectivity index is -0.000000000833. The van der Waals surface area contributed by atoms with Crippen LogP contribution in [0, 0.1) is 0 Å². The van der Waals surface area contributed by atoms with Crippen LogP contribution in [0.25, 0.3) is 0 Å². The molecule has 0 aliphatic carbocycles. The maximum atomic E-state index is 3.00. The third kappa shape index (κ3) is 71.8. The van der Waals surface area contributed by atoms with E-state index in [1.165, 1.54) is 0 Å². The van der Waals surface area contributed by atoms with E-state index in [0.29, 0.717) is 0 Å². The summed E-state index contributed by atoms with van der Waals surface area (Å²) in [4.78, 5) is 0. The molecule has 0 radical (unpaired) electrons. The summed E-state index contributed by atoms with van der Waals surface area (Å²) in [5.41, 5.74) is 0. The first-order chi connectivity index (χ1) is 1.00. The van der Waals surface area contributed by atoms with Gasteiger partial charge >= 0.3 is 0 Å². The van der Waals surface area contributed by atoms with Crippen molar-refractivity contribution in [1.29, 1.82) is 0 Å². The SMILES string of the molecule is C=C.F.F.F.F. The van der Waals surface area contributed by atoms with Crippen LogP contribution >= 0.6 is 0 Å². The summed E-state index contributed by atoms with van der Waals surface area (Å²) in [7, 11) is 0. The van der Waals surface area contributed by atoms with Crippen LogP contribution in [0.1, 0.15) is 0 Å². The van der Waals surface area contributed by atoms with Crippen LogP contribution in [0.2, 0.25) is 0 Å². The molecule has 0 amide bonds.